The van der Waals surface area contributed by atoms with Crippen LogP contribution in [0.25, 0.3) is 0 Å². The average Bonchev–Trinajstić information content (AvgIpc) is 2.35. The van der Waals surface area contributed by atoms with Crippen molar-refractivity contribution in [2.24, 2.45) is 10.9 Å². The number of para-hydroxylation sites is 1. The quantitative estimate of drug-likeness (QED) is 0.602. The summed E-state index contributed by atoms with van der Waals surface area (Å²) < 4.78 is 0. The van der Waals surface area contributed by atoms with Gasteiger partial charge in [-0.15, -0.1) is 0 Å². The molecule has 1 aliphatic rings. The molecule has 0 atom stereocenters. The Balaban J connectivity index is 2.25. The molecule has 1 aromatic rings. The van der Waals surface area contributed by atoms with Crippen molar-refractivity contribution >= 4 is 17.3 Å². The molecule has 17 heavy (non-hydrogen) atoms. The Labute approximate surface area is 99.5 Å². The number of amides is 1. The van der Waals surface area contributed by atoms with E-state index < -0.39 is 0 Å². The summed E-state index contributed by atoms with van der Waals surface area (Å²) in [5.74, 6) is -0.302. The molecule has 0 spiro atoms. The average molecular weight is 233 g/mol. The summed E-state index contributed by atoms with van der Waals surface area (Å²) in [6.45, 7) is 1.34. The largest absolute Gasteiger partial charge is 0.411 e. The monoisotopic (exact) mass is 233 g/mol. The van der Waals surface area contributed by atoms with E-state index in [2.05, 4.69) is 10.1 Å². The van der Waals surface area contributed by atoms with Crippen LogP contribution in [0.5, 0.6) is 0 Å². The van der Waals surface area contributed by atoms with Gasteiger partial charge in [0, 0.05) is 37.2 Å². The van der Waals surface area contributed by atoms with Gasteiger partial charge in [-0.1, -0.05) is 23.4 Å². The second-order valence-electron chi connectivity index (χ2n) is 4.02. The molecular formula is C12H15N3O2. The summed E-state index contributed by atoms with van der Waals surface area (Å²) in [5, 5.41) is 12.3. The number of benzene rings is 1. The van der Waals surface area contributed by atoms with E-state index in [-0.39, 0.29) is 5.91 Å². The fourth-order valence-electron chi connectivity index (χ4n) is 2.07. The number of hydrogen-bond acceptors (Lipinski definition) is 4. The van der Waals surface area contributed by atoms with Gasteiger partial charge in [-0.3, -0.25) is 4.79 Å². The zero-order chi connectivity index (χ0) is 12.3. The Hall–Kier alpha value is -2.04. The maximum absolute atomic E-state index is 10.8. The van der Waals surface area contributed by atoms with Gasteiger partial charge in [0.2, 0.25) is 5.91 Å². The predicted molar refractivity (Wildman–Crippen MR) is 65.4 cm³/mol. The molecule has 5 nitrogen and oxygen atoms in total. The smallest absolute Gasteiger partial charge is 0.219 e. The first-order valence-electron chi connectivity index (χ1n) is 5.56. The van der Waals surface area contributed by atoms with Gasteiger partial charge in [0.1, 0.15) is 0 Å². The van der Waals surface area contributed by atoms with Crippen molar-refractivity contribution in [3.05, 3.63) is 29.8 Å². The molecule has 0 unspecified atom stereocenters. The van der Waals surface area contributed by atoms with E-state index >= 15 is 0 Å². The SMILES string of the molecule is NC(=O)CCN1CCC(=NO)c2ccccc21. The third-order valence-corrected chi connectivity index (χ3v) is 2.92. The van der Waals surface area contributed by atoms with E-state index in [9.17, 15) is 4.79 Å². The van der Waals surface area contributed by atoms with E-state index in [1.54, 1.807) is 0 Å². The van der Waals surface area contributed by atoms with Crippen molar-refractivity contribution in [1.82, 2.24) is 0 Å². The summed E-state index contributed by atoms with van der Waals surface area (Å²) in [6, 6.07) is 7.71. The molecule has 2 rings (SSSR count). The van der Waals surface area contributed by atoms with E-state index in [1.165, 1.54) is 0 Å². The van der Waals surface area contributed by atoms with Gasteiger partial charge in [0.05, 0.1) is 5.71 Å². The van der Waals surface area contributed by atoms with Crippen LogP contribution in [0.3, 0.4) is 0 Å². The summed E-state index contributed by atoms with van der Waals surface area (Å²) in [5.41, 5.74) is 7.76. The Morgan fingerprint density at radius 2 is 2.24 bits per heavy atom. The van der Waals surface area contributed by atoms with Crippen LogP contribution in [-0.2, 0) is 4.79 Å². The molecular weight excluding hydrogens is 218 g/mol. The lowest BCUT2D eigenvalue weighted by atomic mass is 9.99. The number of nitrogens with two attached hydrogens (primary N) is 1. The number of hydrogen-bond donors (Lipinski definition) is 2. The van der Waals surface area contributed by atoms with Crippen molar-refractivity contribution in [1.29, 1.82) is 0 Å². The van der Waals surface area contributed by atoms with Crippen molar-refractivity contribution in [3.8, 4) is 0 Å². The number of fused-ring (bicyclic) bond motifs is 1. The van der Waals surface area contributed by atoms with Gasteiger partial charge in [0.15, 0.2) is 0 Å². The van der Waals surface area contributed by atoms with Gasteiger partial charge in [-0.05, 0) is 6.07 Å². The van der Waals surface area contributed by atoms with Crippen LogP contribution in [-0.4, -0.2) is 29.9 Å². The molecule has 1 aliphatic heterocycles. The Morgan fingerprint density at radius 1 is 1.47 bits per heavy atom. The molecule has 1 heterocycles. The van der Waals surface area contributed by atoms with Crippen molar-refractivity contribution < 1.29 is 10.0 Å². The third-order valence-electron chi connectivity index (χ3n) is 2.92. The number of oxime groups is 1. The lowest BCUT2D eigenvalue weighted by molar-refractivity contribution is -0.117. The van der Waals surface area contributed by atoms with Crippen LogP contribution >= 0.6 is 0 Å². The molecule has 1 amide bonds. The molecule has 1 aromatic carbocycles. The van der Waals surface area contributed by atoms with E-state index in [4.69, 9.17) is 10.9 Å². The molecule has 0 saturated carbocycles. The van der Waals surface area contributed by atoms with Crippen molar-refractivity contribution in [2.45, 2.75) is 12.8 Å². The highest BCUT2D eigenvalue weighted by atomic mass is 16.4. The van der Waals surface area contributed by atoms with Crippen LogP contribution in [0, 0.1) is 0 Å². The maximum atomic E-state index is 10.8. The molecule has 90 valence electrons. The van der Waals surface area contributed by atoms with Gasteiger partial charge in [0.25, 0.3) is 0 Å². The molecule has 0 bridgehead atoms. The topological polar surface area (TPSA) is 78.9 Å². The van der Waals surface area contributed by atoms with Crippen LogP contribution in [0.1, 0.15) is 18.4 Å². The minimum Gasteiger partial charge on any atom is -0.411 e. The molecule has 0 saturated heterocycles. The van der Waals surface area contributed by atoms with Crippen LogP contribution in [0.15, 0.2) is 29.4 Å². The van der Waals surface area contributed by atoms with E-state index in [0.717, 1.165) is 17.8 Å². The standard InChI is InChI=1S/C12H15N3O2/c13-12(16)6-8-15-7-5-10(14-17)9-3-1-2-4-11(9)15/h1-4,17H,5-8H2,(H2,13,16). The molecule has 0 aromatic heterocycles. The number of rotatable bonds is 3. The number of primary amides is 1. The second kappa shape index (κ2) is 4.86. The Bertz CT molecular complexity index is 457. The predicted octanol–water partition coefficient (Wildman–Crippen LogP) is 0.950. The Morgan fingerprint density at radius 3 is 2.94 bits per heavy atom. The summed E-state index contributed by atoms with van der Waals surface area (Å²) in [4.78, 5) is 12.9. The molecule has 0 aliphatic carbocycles. The summed E-state index contributed by atoms with van der Waals surface area (Å²) >= 11 is 0. The first kappa shape index (κ1) is 11.4. The van der Waals surface area contributed by atoms with Gasteiger partial charge < -0.3 is 15.8 Å². The maximum Gasteiger partial charge on any atom is 0.219 e. The molecule has 3 N–H and O–H groups in total. The normalized spacial score (nSPS) is 16.9. The van der Waals surface area contributed by atoms with Gasteiger partial charge in [-0.25, -0.2) is 0 Å². The molecule has 0 radical (unpaired) electrons. The number of anilines is 1. The summed E-state index contributed by atoms with van der Waals surface area (Å²) in [6.07, 6.45) is 1.01. The number of nitrogens with zero attached hydrogens (tertiary/aromatic N) is 2. The highest BCUT2D eigenvalue weighted by Gasteiger charge is 2.21. The molecule has 5 heteroatoms. The van der Waals surface area contributed by atoms with Crippen LogP contribution < -0.4 is 10.6 Å². The van der Waals surface area contributed by atoms with Crippen molar-refractivity contribution in [2.75, 3.05) is 18.0 Å². The number of carbonyl (C=O) groups is 1. The van der Waals surface area contributed by atoms with Crippen LogP contribution in [0.2, 0.25) is 0 Å². The zero-order valence-electron chi connectivity index (χ0n) is 9.47. The van der Waals surface area contributed by atoms with Crippen LogP contribution in [0.4, 0.5) is 5.69 Å². The Kier molecular flexibility index (Phi) is 3.27. The van der Waals surface area contributed by atoms with Gasteiger partial charge in [-0.2, -0.15) is 0 Å². The lowest BCUT2D eigenvalue weighted by Crippen LogP contribution is -2.34. The first-order chi connectivity index (χ1) is 8.22. The minimum atomic E-state index is -0.302. The first-order valence-corrected chi connectivity index (χ1v) is 5.56. The fraction of sp³-hybridized carbons (Fsp3) is 0.333. The second-order valence-corrected chi connectivity index (χ2v) is 4.02. The van der Waals surface area contributed by atoms with Crippen molar-refractivity contribution in [3.63, 3.8) is 0 Å². The third kappa shape index (κ3) is 2.38. The highest BCUT2D eigenvalue weighted by molar-refractivity contribution is 6.06. The fourth-order valence-corrected chi connectivity index (χ4v) is 2.07. The summed E-state index contributed by atoms with van der Waals surface area (Å²) in [7, 11) is 0. The molecule has 0 fully saturated rings. The van der Waals surface area contributed by atoms with E-state index in [0.29, 0.717) is 25.1 Å². The highest BCUT2D eigenvalue weighted by Crippen LogP contribution is 2.27. The lowest BCUT2D eigenvalue weighted by Gasteiger charge is -2.31. The zero-order valence-corrected chi connectivity index (χ0v) is 9.47. The van der Waals surface area contributed by atoms with E-state index in [1.807, 2.05) is 24.3 Å². The number of carbonyl (C=O) groups excluding carboxylic acids is 1. The minimum absolute atomic E-state index is 0.302. The van der Waals surface area contributed by atoms with Gasteiger partial charge >= 0.3 is 0 Å².